The number of aromatic nitrogens is 3. The first-order valence-corrected chi connectivity index (χ1v) is 7.38. The predicted octanol–water partition coefficient (Wildman–Crippen LogP) is 2.53. The number of nitrogen functional groups attached to an aromatic ring is 1. The average molecular weight is 302 g/mol. The molecule has 0 radical (unpaired) electrons. The lowest BCUT2D eigenvalue weighted by Gasteiger charge is -2.03. The van der Waals surface area contributed by atoms with Gasteiger partial charge in [0.1, 0.15) is 5.52 Å². The molecule has 7 heteroatoms. The molecule has 6 nitrogen and oxygen atoms in total. The summed E-state index contributed by atoms with van der Waals surface area (Å²) < 4.78 is 7.22. The highest BCUT2D eigenvalue weighted by Crippen LogP contribution is 2.27. The SMILES string of the molecule is CCCn1ccnc(Sc2nc3cc(N)ccc3o2)c1=O. The number of nitrogens with two attached hydrogens (primary N) is 1. The molecule has 3 rings (SSSR count). The quantitative estimate of drug-likeness (QED) is 0.745. The number of nitrogens with zero attached hydrogens (tertiary/aromatic N) is 3. The topological polar surface area (TPSA) is 86.9 Å². The van der Waals surface area contributed by atoms with Crippen LogP contribution in [0.25, 0.3) is 11.1 Å². The number of anilines is 1. The Hall–Kier alpha value is -2.28. The van der Waals surface area contributed by atoms with E-state index in [0.29, 0.717) is 33.6 Å². The number of rotatable bonds is 4. The van der Waals surface area contributed by atoms with Crippen molar-refractivity contribution in [2.75, 3.05) is 5.73 Å². The van der Waals surface area contributed by atoms with Gasteiger partial charge >= 0.3 is 0 Å². The van der Waals surface area contributed by atoms with Gasteiger partial charge in [-0.15, -0.1) is 0 Å². The molecule has 0 fully saturated rings. The van der Waals surface area contributed by atoms with Crippen LogP contribution in [0.3, 0.4) is 0 Å². The molecule has 2 N–H and O–H groups in total. The first-order chi connectivity index (χ1) is 10.2. The Balaban J connectivity index is 1.95. The molecule has 0 aliphatic rings. The fourth-order valence-corrected chi connectivity index (χ4v) is 2.72. The Kier molecular flexibility index (Phi) is 3.66. The molecule has 0 amide bonds. The molecule has 2 aromatic heterocycles. The van der Waals surface area contributed by atoms with Crippen LogP contribution in [0, 0.1) is 0 Å². The number of fused-ring (bicyclic) bond motifs is 1. The first kappa shape index (κ1) is 13.7. The van der Waals surface area contributed by atoms with Crippen molar-refractivity contribution in [3.05, 3.63) is 40.9 Å². The van der Waals surface area contributed by atoms with Gasteiger partial charge in [0.2, 0.25) is 0 Å². The van der Waals surface area contributed by atoms with Gasteiger partial charge in [0.25, 0.3) is 10.8 Å². The number of benzene rings is 1. The van der Waals surface area contributed by atoms with Gasteiger partial charge in [0, 0.05) is 24.6 Å². The van der Waals surface area contributed by atoms with Crippen LogP contribution in [0.4, 0.5) is 5.69 Å². The predicted molar refractivity (Wildman–Crippen MR) is 81.3 cm³/mol. The zero-order chi connectivity index (χ0) is 14.8. The van der Waals surface area contributed by atoms with E-state index in [-0.39, 0.29) is 5.56 Å². The third kappa shape index (κ3) is 2.78. The van der Waals surface area contributed by atoms with Gasteiger partial charge in [-0.05, 0) is 36.4 Å². The lowest BCUT2D eigenvalue weighted by atomic mass is 10.3. The van der Waals surface area contributed by atoms with Gasteiger partial charge in [-0.2, -0.15) is 0 Å². The minimum atomic E-state index is -0.133. The van der Waals surface area contributed by atoms with Crippen molar-refractivity contribution in [2.45, 2.75) is 30.1 Å². The molecule has 0 aliphatic carbocycles. The molecule has 2 heterocycles. The van der Waals surface area contributed by atoms with E-state index in [1.807, 2.05) is 6.92 Å². The second-order valence-corrected chi connectivity index (χ2v) is 5.48. The highest BCUT2D eigenvalue weighted by Gasteiger charge is 2.12. The van der Waals surface area contributed by atoms with E-state index in [9.17, 15) is 4.79 Å². The largest absolute Gasteiger partial charge is 0.431 e. The number of hydrogen-bond donors (Lipinski definition) is 1. The van der Waals surface area contributed by atoms with Gasteiger partial charge in [0.05, 0.1) is 0 Å². The van der Waals surface area contributed by atoms with E-state index in [0.717, 1.165) is 18.2 Å². The van der Waals surface area contributed by atoms with Crippen LogP contribution >= 0.6 is 11.8 Å². The Morgan fingerprint density at radius 3 is 3.10 bits per heavy atom. The molecule has 3 aromatic rings. The van der Waals surface area contributed by atoms with Crippen LogP contribution in [0.1, 0.15) is 13.3 Å². The lowest BCUT2D eigenvalue weighted by Crippen LogP contribution is -2.21. The van der Waals surface area contributed by atoms with E-state index in [4.69, 9.17) is 10.2 Å². The van der Waals surface area contributed by atoms with Crippen molar-refractivity contribution in [1.29, 1.82) is 0 Å². The van der Waals surface area contributed by atoms with E-state index in [2.05, 4.69) is 9.97 Å². The normalized spacial score (nSPS) is 11.1. The standard InChI is InChI=1S/C14H14N4O2S/c1-2-6-18-7-5-16-12(13(18)19)21-14-17-10-8-9(15)3-4-11(10)20-14/h3-5,7-8H,2,6,15H2,1H3. The van der Waals surface area contributed by atoms with Gasteiger partial charge in [-0.3, -0.25) is 4.79 Å². The molecule has 0 aliphatic heterocycles. The smallest absolute Gasteiger partial charge is 0.283 e. The summed E-state index contributed by atoms with van der Waals surface area (Å²) in [7, 11) is 0. The zero-order valence-corrected chi connectivity index (χ0v) is 12.3. The van der Waals surface area contributed by atoms with E-state index in [1.165, 1.54) is 0 Å². The molecular weight excluding hydrogens is 288 g/mol. The van der Waals surface area contributed by atoms with E-state index in [1.54, 1.807) is 35.2 Å². The molecule has 21 heavy (non-hydrogen) atoms. The van der Waals surface area contributed by atoms with Crippen molar-refractivity contribution in [3.63, 3.8) is 0 Å². The summed E-state index contributed by atoms with van der Waals surface area (Å²) in [4.78, 5) is 20.6. The Bertz CT molecular complexity index is 840. The van der Waals surface area contributed by atoms with Crippen molar-refractivity contribution in [1.82, 2.24) is 14.5 Å². The van der Waals surface area contributed by atoms with Crippen LogP contribution < -0.4 is 11.3 Å². The van der Waals surface area contributed by atoms with Crippen LogP contribution in [-0.2, 0) is 6.54 Å². The van der Waals surface area contributed by atoms with Crippen molar-refractivity contribution < 1.29 is 4.42 Å². The van der Waals surface area contributed by atoms with Gasteiger partial charge in [-0.1, -0.05) is 6.92 Å². The van der Waals surface area contributed by atoms with E-state index >= 15 is 0 Å². The summed E-state index contributed by atoms with van der Waals surface area (Å²) >= 11 is 1.12. The van der Waals surface area contributed by atoms with Crippen molar-refractivity contribution >= 4 is 28.5 Å². The number of aryl methyl sites for hydroxylation is 1. The highest BCUT2D eigenvalue weighted by molar-refractivity contribution is 7.99. The molecule has 0 saturated carbocycles. The molecular formula is C14H14N4O2S. The minimum Gasteiger partial charge on any atom is -0.431 e. The van der Waals surface area contributed by atoms with E-state index < -0.39 is 0 Å². The maximum absolute atomic E-state index is 12.2. The van der Waals surface area contributed by atoms with Crippen LogP contribution in [0.2, 0.25) is 0 Å². The minimum absolute atomic E-state index is 0.133. The molecule has 1 aromatic carbocycles. The Morgan fingerprint density at radius 1 is 1.43 bits per heavy atom. The summed E-state index contributed by atoms with van der Waals surface area (Å²) in [6.45, 7) is 2.68. The molecule has 0 unspecified atom stereocenters. The molecule has 0 spiro atoms. The summed E-state index contributed by atoms with van der Waals surface area (Å²) in [5.41, 5.74) is 7.50. The number of hydrogen-bond acceptors (Lipinski definition) is 6. The third-order valence-corrected chi connectivity index (χ3v) is 3.75. The van der Waals surface area contributed by atoms with Crippen LogP contribution in [-0.4, -0.2) is 14.5 Å². The lowest BCUT2D eigenvalue weighted by molar-refractivity contribution is 0.488. The summed E-state index contributed by atoms with van der Waals surface area (Å²) in [6.07, 6.45) is 4.18. The fourth-order valence-electron chi connectivity index (χ4n) is 1.96. The van der Waals surface area contributed by atoms with Crippen LogP contribution in [0.5, 0.6) is 0 Å². The monoisotopic (exact) mass is 302 g/mol. The maximum atomic E-state index is 12.2. The Morgan fingerprint density at radius 2 is 2.29 bits per heavy atom. The van der Waals surface area contributed by atoms with Gasteiger partial charge in [-0.25, -0.2) is 9.97 Å². The van der Waals surface area contributed by atoms with Crippen molar-refractivity contribution in [3.8, 4) is 0 Å². The summed E-state index contributed by atoms with van der Waals surface area (Å²) in [5.74, 6) is 0. The second kappa shape index (κ2) is 5.61. The molecule has 0 bridgehead atoms. The molecule has 108 valence electrons. The zero-order valence-electron chi connectivity index (χ0n) is 11.4. The number of oxazole rings is 1. The Labute approximate surface area is 125 Å². The maximum Gasteiger partial charge on any atom is 0.283 e. The molecule has 0 atom stereocenters. The highest BCUT2D eigenvalue weighted by atomic mass is 32.2. The average Bonchev–Trinajstić information content (AvgIpc) is 2.85. The van der Waals surface area contributed by atoms with Crippen molar-refractivity contribution in [2.24, 2.45) is 0 Å². The van der Waals surface area contributed by atoms with Crippen LogP contribution in [0.15, 0.2) is 50.1 Å². The second-order valence-electron chi connectivity index (χ2n) is 4.54. The molecule has 0 saturated heterocycles. The fraction of sp³-hybridized carbons (Fsp3) is 0.214. The summed E-state index contributed by atoms with van der Waals surface area (Å²) in [6, 6.07) is 5.24. The van der Waals surface area contributed by atoms with Gasteiger partial charge in [0.15, 0.2) is 10.6 Å². The summed E-state index contributed by atoms with van der Waals surface area (Å²) in [5, 5.41) is 0.736. The van der Waals surface area contributed by atoms with Gasteiger partial charge < -0.3 is 14.7 Å². The first-order valence-electron chi connectivity index (χ1n) is 6.56. The third-order valence-electron chi connectivity index (χ3n) is 2.92.